The number of benzene rings is 3. The van der Waals surface area contributed by atoms with Crippen molar-refractivity contribution in [3.05, 3.63) is 108 Å². The maximum Gasteiger partial charge on any atom is 0.500 e. The van der Waals surface area contributed by atoms with Gasteiger partial charge in [0.2, 0.25) is 0 Å². The number of ether oxygens (including phenoxy) is 2. The number of hydrogen-bond donors (Lipinski definition) is 2. The minimum absolute atomic E-state index is 0.0583. The third-order valence-corrected chi connectivity index (χ3v) is 11.1. The van der Waals surface area contributed by atoms with Crippen molar-refractivity contribution in [2.45, 2.75) is 64.0 Å². The van der Waals surface area contributed by atoms with E-state index >= 15 is 0 Å². The number of amides is 2. The average molecular weight is 651 g/mol. The molecule has 3 aromatic carbocycles. The molecule has 0 saturated carbocycles. The van der Waals surface area contributed by atoms with Gasteiger partial charge in [-0.15, -0.1) is 0 Å². The number of carbonyl (C=O) groups excluding carboxylic acids is 2. The molecule has 2 atom stereocenters. The minimum atomic E-state index is -2.83. The molecule has 3 aromatic rings. The second-order valence-electron chi connectivity index (χ2n) is 11.0. The van der Waals surface area contributed by atoms with E-state index in [9.17, 15) is 14.7 Å². The van der Waals surface area contributed by atoms with Crippen molar-refractivity contribution in [2.24, 2.45) is 0 Å². The molecule has 0 aromatic heterocycles. The largest absolute Gasteiger partial charge is 0.500 e. The van der Waals surface area contributed by atoms with Crippen molar-refractivity contribution in [2.75, 3.05) is 32.9 Å². The van der Waals surface area contributed by atoms with E-state index in [1.165, 1.54) is 4.90 Å². The first kappa shape index (κ1) is 35.1. The molecule has 1 fully saturated rings. The van der Waals surface area contributed by atoms with Crippen LogP contribution in [0.2, 0.25) is 6.04 Å². The van der Waals surface area contributed by atoms with Gasteiger partial charge in [-0.3, -0.25) is 4.90 Å². The number of likely N-dealkylation sites (tertiary alicyclic amines) is 1. The summed E-state index contributed by atoms with van der Waals surface area (Å²) in [4.78, 5) is 28.1. The summed E-state index contributed by atoms with van der Waals surface area (Å²) in [6.45, 7) is 7.61. The van der Waals surface area contributed by atoms with Gasteiger partial charge in [-0.25, -0.2) is 9.59 Å². The molecule has 2 N–H and O–H groups in total. The summed E-state index contributed by atoms with van der Waals surface area (Å²) in [7, 11) is -2.83. The lowest BCUT2D eigenvalue weighted by atomic mass is 9.79. The summed E-state index contributed by atoms with van der Waals surface area (Å²) < 4.78 is 29.3. The van der Waals surface area contributed by atoms with Crippen LogP contribution in [0.1, 0.15) is 50.3 Å². The third-order valence-electron chi connectivity index (χ3n) is 7.91. The molecule has 0 radical (unpaired) electrons. The molecule has 0 aliphatic carbocycles. The van der Waals surface area contributed by atoms with Gasteiger partial charge in [0.15, 0.2) is 0 Å². The zero-order valence-electron chi connectivity index (χ0n) is 26.9. The fourth-order valence-corrected chi connectivity index (χ4v) is 8.52. The highest BCUT2D eigenvalue weighted by Gasteiger charge is 2.51. The van der Waals surface area contributed by atoms with E-state index in [-0.39, 0.29) is 19.6 Å². The van der Waals surface area contributed by atoms with Gasteiger partial charge in [-0.2, -0.15) is 0 Å². The fourth-order valence-electron chi connectivity index (χ4n) is 5.91. The molecule has 1 aliphatic rings. The monoisotopic (exact) mass is 650 g/mol. The minimum Gasteiger partial charge on any atom is -0.445 e. The number of alkyl carbamates (subject to hydrolysis) is 1. The van der Waals surface area contributed by atoms with Crippen molar-refractivity contribution in [1.82, 2.24) is 10.2 Å². The fraction of sp³-hybridized carbons (Fsp3) is 0.429. The van der Waals surface area contributed by atoms with Gasteiger partial charge in [0.1, 0.15) is 18.3 Å². The lowest BCUT2D eigenvalue weighted by Gasteiger charge is -2.39. The zero-order valence-corrected chi connectivity index (χ0v) is 27.9. The summed E-state index contributed by atoms with van der Waals surface area (Å²) in [5, 5.41) is 15.4. The first-order valence-electron chi connectivity index (χ1n) is 16.0. The Morgan fingerprint density at radius 3 is 1.89 bits per heavy atom. The lowest BCUT2D eigenvalue weighted by Crippen LogP contribution is -2.50. The highest BCUT2D eigenvalue weighted by molar-refractivity contribution is 6.60. The molecule has 1 heterocycles. The molecular formula is C35H46N2O8Si. The predicted molar refractivity (Wildman–Crippen MR) is 176 cm³/mol. The molecule has 4 rings (SSSR count). The normalized spacial score (nSPS) is 16.7. The number of carbonyl (C=O) groups is 2. The molecule has 10 nitrogen and oxygen atoms in total. The molecule has 1 saturated heterocycles. The average Bonchev–Trinajstić information content (AvgIpc) is 3.51. The number of nitrogens with one attached hydrogen (secondary N) is 1. The van der Waals surface area contributed by atoms with Crippen LogP contribution < -0.4 is 5.32 Å². The van der Waals surface area contributed by atoms with Crippen molar-refractivity contribution in [3.63, 3.8) is 0 Å². The van der Waals surface area contributed by atoms with Crippen LogP contribution in [0, 0.1) is 0 Å². The maximum absolute atomic E-state index is 13.6. The summed E-state index contributed by atoms with van der Waals surface area (Å²) in [6, 6.07) is 27.6. The van der Waals surface area contributed by atoms with Crippen molar-refractivity contribution in [1.29, 1.82) is 0 Å². The van der Waals surface area contributed by atoms with Crippen LogP contribution in [-0.2, 0) is 35.0 Å². The molecule has 0 spiro atoms. The zero-order chi connectivity index (χ0) is 32.8. The second kappa shape index (κ2) is 17.3. The summed E-state index contributed by atoms with van der Waals surface area (Å²) in [5.74, 6) is 0. The topological polar surface area (TPSA) is 116 Å². The standard InChI is InChI=1S/C35H46N2O8Si/c1-4-42-46(43-5-2,44-6-3)24-16-23-36-33(38)45-31-25-32(37(26-31)34(39)41-27-28-17-10-7-11-18-28)35(40,29-19-12-8-13-20-29)30-21-14-9-15-22-30/h7-15,17-22,31-32,40H,4-6,16,23-27H2,1-3H3,(H,36,38)/t31-,32+/m1/s1. The molecule has 46 heavy (non-hydrogen) atoms. The lowest BCUT2D eigenvalue weighted by molar-refractivity contribution is -0.00704. The molecule has 1 aliphatic heterocycles. The molecule has 0 bridgehead atoms. The van der Waals surface area contributed by atoms with Gasteiger partial charge >= 0.3 is 21.0 Å². The van der Waals surface area contributed by atoms with E-state index in [4.69, 9.17) is 22.8 Å². The first-order valence-corrected chi connectivity index (χ1v) is 18.0. The highest BCUT2D eigenvalue weighted by atomic mass is 28.4. The molecular weight excluding hydrogens is 604 g/mol. The number of nitrogens with zero attached hydrogens (tertiary/aromatic N) is 1. The number of hydrogen-bond acceptors (Lipinski definition) is 8. The highest BCUT2D eigenvalue weighted by Crippen LogP contribution is 2.41. The van der Waals surface area contributed by atoms with Crippen molar-refractivity contribution >= 4 is 21.0 Å². The van der Waals surface area contributed by atoms with Gasteiger partial charge in [-0.1, -0.05) is 91.0 Å². The Labute approximate surface area is 272 Å². The van der Waals surface area contributed by atoms with Crippen molar-refractivity contribution < 1.29 is 37.4 Å². The van der Waals surface area contributed by atoms with Crippen molar-refractivity contribution in [3.8, 4) is 0 Å². The SMILES string of the molecule is CCO[Si](CCCNC(=O)O[C@@H]1C[C@@H](C(O)(c2ccccc2)c2ccccc2)N(C(=O)OCc2ccccc2)C1)(OCC)OCC. The van der Waals surface area contributed by atoms with Crippen LogP contribution in [0.25, 0.3) is 0 Å². The summed E-state index contributed by atoms with van der Waals surface area (Å²) in [5.41, 5.74) is 0.463. The molecule has 0 unspecified atom stereocenters. The Kier molecular flexibility index (Phi) is 13.2. The van der Waals surface area contributed by atoms with E-state index in [0.29, 0.717) is 50.0 Å². The first-order chi connectivity index (χ1) is 22.3. The van der Waals surface area contributed by atoms with Gasteiger partial charge in [-0.05, 0) is 43.9 Å². The molecule has 2 amide bonds. The Morgan fingerprint density at radius 1 is 0.848 bits per heavy atom. The van der Waals surface area contributed by atoms with Gasteiger partial charge in [0.05, 0.1) is 12.6 Å². The van der Waals surface area contributed by atoms with Gasteiger partial charge in [0.25, 0.3) is 0 Å². The third kappa shape index (κ3) is 8.95. The van der Waals surface area contributed by atoms with Crippen LogP contribution in [-0.4, -0.2) is 76.1 Å². The van der Waals surface area contributed by atoms with Gasteiger partial charge in [0, 0.05) is 38.8 Å². The van der Waals surface area contributed by atoms with E-state index in [0.717, 1.165) is 5.56 Å². The van der Waals surface area contributed by atoms with E-state index in [1.54, 1.807) is 0 Å². The Morgan fingerprint density at radius 2 is 1.37 bits per heavy atom. The number of aliphatic hydroxyl groups is 1. The van der Waals surface area contributed by atoms with Crippen LogP contribution >= 0.6 is 0 Å². The maximum atomic E-state index is 13.6. The Balaban J connectivity index is 1.49. The smallest absolute Gasteiger partial charge is 0.445 e. The molecule has 248 valence electrons. The number of rotatable bonds is 16. The van der Waals surface area contributed by atoms with E-state index in [2.05, 4.69) is 5.32 Å². The Hall–Kier alpha value is -3.74. The van der Waals surface area contributed by atoms with Gasteiger partial charge < -0.3 is 33.2 Å². The summed E-state index contributed by atoms with van der Waals surface area (Å²) in [6.07, 6.45) is -1.12. The van der Waals surface area contributed by atoms with Crippen LogP contribution in [0.5, 0.6) is 0 Å². The summed E-state index contributed by atoms with van der Waals surface area (Å²) >= 11 is 0. The molecule has 11 heteroatoms. The Bertz CT molecular complexity index is 1290. The van der Waals surface area contributed by atoms with E-state index in [1.807, 2.05) is 112 Å². The van der Waals surface area contributed by atoms with E-state index < -0.39 is 38.7 Å². The van der Waals surface area contributed by atoms with Crippen LogP contribution in [0.3, 0.4) is 0 Å². The van der Waals surface area contributed by atoms with Crippen LogP contribution in [0.4, 0.5) is 9.59 Å². The predicted octanol–water partition coefficient (Wildman–Crippen LogP) is 5.87. The van der Waals surface area contributed by atoms with Crippen LogP contribution in [0.15, 0.2) is 91.0 Å². The second-order valence-corrected chi connectivity index (χ2v) is 13.7. The quantitative estimate of drug-likeness (QED) is 0.146.